The van der Waals surface area contributed by atoms with Crippen LogP contribution in [0.4, 0.5) is 0 Å². The Bertz CT molecular complexity index is 916. The lowest BCUT2D eigenvalue weighted by atomic mass is 10.1. The Hall–Kier alpha value is -3.93. The fourth-order valence-electron chi connectivity index (χ4n) is 2.14. The molecule has 0 fully saturated rings. The number of hydrogen-bond donors (Lipinski definition) is 4. The van der Waals surface area contributed by atoms with E-state index in [-0.39, 0.29) is 29.3 Å². The summed E-state index contributed by atoms with van der Waals surface area (Å²) in [5.41, 5.74) is 6.27. The maximum Gasteiger partial charge on any atom is 0.301 e. The molecule has 0 aliphatic carbocycles. The number of amides is 2. The Labute approximate surface area is 154 Å². The zero-order valence-electron chi connectivity index (χ0n) is 14.2. The first kappa shape index (κ1) is 19.4. The minimum atomic E-state index is -0.911. The Balaban J connectivity index is 1.86. The molecule has 2 amide bonds. The van der Waals surface area contributed by atoms with Crippen LogP contribution in [0, 0.1) is 11.3 Å². The number of nitrogens with zero attached hydrogens (tertiary/aromatic N) is 3. The average molecular weight is 367 g/mol. The molecule has 27 heavy (non-hydrogen) atoms. The second kappa shape index (κ2) is 8.96. The van der Waals surface area contributed by atoms with Gasteiger partial charge in [-0.1, -0.05) is 12.1 Å². The van der Waals surface area contributed by atoms with Crippen LogP contribution in [0.1, 0.15) is 28.0 Å². The normalized spacial score (nSPS) is 10.9. The van der Waals surface area contributed by atoms with Crippen LogP contribution in [0.15, 0.2) is 41.5 Å². The molecule has 0 atom stereocenters. The molecule has 0 radical (unpaired) electrons. The molecule has 138 valence electrons. The zero-order valence-corrected chi connectivity index (χ0v) is 14.2. The van der Waals surface area contributed by atoms with Crippen LogP contribution in [-0.4, -0.2) is 39.4 Å². The van der Waals surface area contributed by atoms with Gasteiger partial charge in [-0.15, -0.1) is 0 Å². The first-order chi connectivity index (χ1) is 12.9. The number of phenols is 1. The van der Waals surface area contributed by atoms with E-state index in [1.165, 1.54) is 0 Å². The summed E-state index contributed by atoms with van der Waals surface area (Å²) in [4.78, 5) is 31.0. The highest BCUT2D eigenvalue weighted by Crippen LogP contribution is 2.16. The third-order valence-corrected chi connectivity index (χ3v) is 3.46. The number of nitrogens with one attached hydrogen (secondary N) is 1. The van der Waals surface area contributed by atoms with Gasteiger partial charge in [-0.25, -0.2) is 4.98 Å². The van der Waals surface area contributed by atoms with Gasteiger partial charge in [0.25, 0.3) is 0 Å². The van der Waals surface area contributed by atoms with Gasteiger partial charge < -0.3 is 21.3 Å². The first-order valence-corrected chi connectivity index (χ1v) is 7.90. The number of amidine groups is 1. The van der Waals surface area contributed by atoms with Crippen molar-refractivity contribution in [2.45, 2.75) is 12.8 Å². The van der Waals surface area contributed by atoms with Crippen LogP contribution in [0.3, 0.4) is 0 Å². The third kappa shape index (κ3) is 5.82. The van der Waals surface area contributed by atoms with Crippen LogP contribution in [0.25, 0.3) is 0 Å². The number of aliphatic imine (C=N–C) groups is 1. The second-order valence-corrected chi connectivity index (χ2v) is 5.55. The van der Waals surface area contributed by atoms with E-state index >= 15 is 0 Å². The number of pyridine rings is 1. The van der Waals surface area contributed by atoms with Crippen LogP contribution in [0.2, 0.25) is 0 Å². The summed E-state index contributed by atoms with van der Waals surface area (Å²) in [6.45, 7) is 0.350. The summed E-state index contributed by atoms with van der Waals surface area (Å²) in [5, 5.41) is 30.2. The summed E-state index contributed by atoms with van der Waals surface area (Å²) in [6.07, 6.45) is 1.39. The number of nitrogens with two attached hydrogens (primary N) is 1. The lowest BCUT2D eigenvalue weighted by Gasteiger charge is -2.06. The highest BCUT2D eigenvalue weighted by Gasteiger charge is 2.14. The number of carbonyl (C=O) groups is 2. The number of phenolic OH excluding ortho intramolecular Hbond substituents is 1. The maximum atomic E-state index is 12.0. The fraction of sp³-hybridized carbons (Fsp3) is 0.167. The van der Waals surface area contributed by atoms with Crippen molar-refractivity contribution in [1.29, 1.82) is 5.26 Å². The number of aromatic nitrogens is 1. The summed E-state index contributed by atoms with van der Waals surface area (Å²) >= 11 is 0. The molecular formula is C18H17N5O4. The van der Waals surface area contributed by atoms with E-state index in [0.29, 0.717) is 13.0 Å². The van der Waals surface area contributed by atoms with Crippen molar-refractivity contribution in [3.63, 3.8) is 0 Å². The van der Waals surface area contributed by atoms with E-state index < -0.39 is 17.6 Å². The summed E-state index contributed by atoms with van der Waals surface area (Å²) in [5.74, 6) is -1.88. The standard InChI is InChI=1S/C18H17N5O4/c19-9-12-7-14(25)17(22-10-12)18(27)23-15(20)8-16(26)21-6-5-11-1-3-13(24)4-2-11/h1-4,7,10,24-25H,5-6,8H2,(H,21,26)(H2,20,23,27). The number of nitriles is 1. The van der Waals surface area contributed by atoms with E-state index in [2.05, 4.69) is 15.3 Å². The van der Waals surface area contributed by atoms with E-state index in [0.717, 1.165) is 17.8 Å². The molecule has 0 saturated carbocycles. The summed E-state index contributed by atoms with van der Waals surface area (Å²) in [6, 6.07) is 9.46. The maximum absolute atomic E-state index is 12.0. The smallest absolute Gasteiger partial charge is 0.301 e. The highest BCUT2D eigenvalue weighted by atomic mass is 16.3. The lowest BCUT2D eigenvalue weighted by Crippen LogP contribution is -2.30. The molecule has 0 aliphatic heterocycles. The first-order valence-electron chi connectivity index (χ1n) is 7.90. The Morgan fingerprint density at radius 3 is 2.59 bits per heavy atom. The highest BCUT2D eigenvalue weighted by molar-refractivity contribution is 6.07. The van der Waals surface area contributed by atoms with Crippen molar-refractivity contribution in [3.8, 4) is 17.6 Å². The zero-order chi connectivity index (χ0) is 19.8. The monoisotopic (exact) mass is 367 g/mol. The molecular weight excluding hydrogens is 350 g/mol. The molecule has 9 nitrogen and oxygen atoms in total. The van der Waals surface area contributed by atoms with E-state index in [1.54, 1.807) is 30.3 Å². The van der Waals surface area contributed by atoms with Crippen molar-refractivity contribution in [3.05, 3.63) is 53.3 Å². The Kier molecular flexibility index (Phi) is 6.44. The summed E-state index contributed by atoms with van der Waals surface area (Å²) in [7, 11) is 0. The van der Waals surface area contributed by atoms with E-state index in [1.807, 2.05) is 0 Å². The Morgan fingerprint density at radius 1 is 1.26 bits per heavy atom. The van der Waals surface area contributed by atoms with Gasteiger partial charge in [-0.2, -0.15) is 10.3 Å². The third-order valence-electron chi connectivity index (χ3n) is 3.46. The van der Waals surface area contributed by atoms with Crippen molar-refractivity contribution in [2.24, 2.45) is 10.7 Å². The molecule has 0 spiro atoms. The molecule has 9 heteroatoms. The van der Waals surface area contributed by atoms with E-state index in [4.69, 9.17) is 11.0 Å². The van der Waals surface area contributed by atoms with Gasteiger partial charge in [0.05, 0.1) is 12.0 Å². The number of aromatic hydroxyl groups is 2. The van der Waals surface area contributed by atoms with Crippen LogP contribution >= 0.6 is 0 Å². The molecule has 1 heterocycles. The van der Waals surface area contributed by atoms with Crippen molar-refractivity contribution < 1.29 is 19.8 Å². The van der Waals surface area contributed by atoms with Crippen molar-refractivity contribution in [1.82, 2.24) is 10.3 Å². The number of benzene rings is 1. The molecule has 0 aliphatic rings. The van der Waals surface area contributed by atoms with Crippen LogP contribution in [-0.2, 0) is 11.2 Å². The molecule has 1 aromatic heterocycles. The predicted octanol–water partition coefficient (Wildman–Crippen LogP) is 0.611. The molecule has 1 aromatic carbocycles. The second-order valence-electron chi connectivity index (χ2n) is 5.55. The SMILES string of the molecule is N#Cc1cnc(C(=O)N=C(N)CC(=O)NCCc2ccc(O)cc2)c(O)c1. The largest absolute Gasteiger partial charge is 0.508 e. The Morgan fingerprint density at radius 2 is 1.96 bits per heavy atom. The van der Waals surface area contributed by atoms with Crippen LogP contribution < -0.4 is 11.1 Å². The van der Waals surface area contributed by atoms with Gasteiger partial charge >= 0.3 is 5.91 Å². The predicted molar refractivity (Wildman–Crippen MR) is 96.0 cm³/mol. The van der Waals surface area contributed by atoms with Crippen molar-refractivity contribution >= 4 is 17.6 Å². The van der Waals surface area contributed by atoms with Gasteiger partial charge in [0.2, 0.25) is 5.91 Å². The van der Waals surface area contributed by atoms with Crippen LogP contribution in [0.5, 0.6) is 11.5 Å². The fourth-order valence-corrected chi connectivity index (χ4v) is 2.14. The van der Waals surface area contributed by atoms with Gasteiger partial charge in [0.1, 0.15) is 23.4 Å². The van der Waals surface area contributed by atoms with Gasteiger partial charge in [-0.05, 0) is 24.1 Å². The quantitative estimate of drug-likeness (QED) is 0.429. The lowest BCUT2D eigenvalue weighted by molar-refractivity contribution is -0.119. The molecule has 2 rings (SSSR count). The molecule has 5 N–H and O–H groups in total. The van der Waals surface area contributed by atoms with E-state index in [9.17, 15) is 19.8 Å². The average Bonchev–Trinajstić information content (AvgIpc) is 2.62. The van der Waals surface area contributed by atoms with Gasteiger partial charge in [0, 0.05) is 18.8 Å². The molecule has 0 unspecified atom stereocenters. The molecule has 0 bridgehead atoms. The van der Waals surface area contributed by atoms with Crippen molar-refractivity contribution in [2.75, 3.05) is 6.54 Å². The van der Waals surface area contributed by atoms with Gasteiger partial charge in [-0.3, -0.25) is 9.59 Å². The minimum absolute atomic E-state index is 0.0917. The number of hydrogen-bond acceptors (Lipinski definition) is 6. The molecule has 2 aromatic rings. The number of rotatable bonds is 6. The van der Waals surface area contributed by atoms with Gasteiger partial charge in [0.15, 0.2) is 5.69 Å². The minimum Gasteiger partial charge on any atom is -0.508 e. The molecule has 0 saturated heterocycles. The summed E-state index contributed by atoms with van der Waals surface area (Å²) < 4.78 is 0. The topological polar surface area (TPSA) is 162 Å². The number of carbonyl (C=O) groups excluding carboxylic acids is 2.